The molecule has 0 spiro atoms. The zero-order chi connectivity index (χ0) is 19.7. The highest BCUT2D eigenvalue weighted by molar-refractivity contribution is 5.86. The van der Waals surface area contributed by atoms with Crippen molar-refractivity contribution in [3.05, 3.63) is 59.2 Å². The number of amides is 1. The molecule has 0 aliphatic heterocycles. The number of benzene rings is 1. The quantitative estimate of drug-likeness (QED) is 0.656. The molecule has 3 aromatic rings. The van der Waals surface area contributed by atoms with Gasteiger partial charge in [-0.3, -0.25) is 9.59 Å². The van der Waals surface area contributed by atoms with Crippen LogP contribution in [0, 0.1) is 13.8 Å². The molecule has 1 N–H and O–H groups in total. The molecule has 1 aromatic carbocycles. The highest BCUT2D eigenvalue weighted by Crippen LogP contribution is 2.24. The number of nitrogens with zero attached hydrogens (tertiary/aromatic N) is 4. The number of ether oxygens (including phenoxy) is 1. The summed E-state index contributed by atoms with van der Waals surface area (Å²) in [6.45, 7) is 3.67. The fourth-order valence-electron chi connectivity index (χ4n) is 3.13. The maximum atomic E-state index is 12.7. The van der Waals surface area contributed by atoms with Crippen LogP contribution in [-0.4, -0.2) is 37.5 Å². The summed E-state index contributed by atoms with van der Waals surface area (Å²) in [5.74, 6) is -0.300. The van der Waals surface area contributed by atoms with Crippen molar-refractivity contribution in [2.75, 3.05) is 0 Å². The maximum Gasteiger partial charge on any atom is 0.311 e. The number of hydrogen-bond acceptors (Lipinski definition) is 6. The molecule has 2 aromatic heterocycles. The van der Waals surface area contributed by atoms with Crippen LogP contribution in [0.2, 0.25) is 0 Å². The van der Waals surface area contributed by atoms with Crippen molar-refractivity contribution < 1.29 is 14.3 Å². The second kappa shape index (κ2) is 7.38. The number of aryl methyl sites for hydroxylation is 2. The maximum absolute atomic E-state index is 12.7. The van der Waals surface area contributed by atoms with Crippen molar-refractivity contribution >= 4 is 17.7 Å². The third-order valence-electron chi connectivity index (χ3n) is 4.82. The molecule has 0 radical (unpaired) electrons. The predicted molar refractivity (Wildman–Crippen MR) is 100 cm³/mol. The molecule has 1 aliphatic rings. The standard InChI is InChI=1S/C20H21N5O3/c1-12-16(13(2)25-20(23-12)21-11-22-25)10-17(26)28-18(14-6-4-3-5-7-14)19(27)24-15-8-9-15/h3-7,11,15,18H,8-10H2,1-2H3,(H,24,27)/t18-/m1/s1. The average Bonchev–Trinajstić information content (AvgIpc) is 3.37. The zero-order valence-electron chi connectivity index (χ0n) is 15.8. The highest BCUT2D eigenvalue weighted by Gasteiger charge is 2.31. The lowest BCUT2D eigenvalue weighted by Crippen LogP contribution is -2.34. The summed E-state index contributed by atoms with van der Waals surface area (Å²) in [5, 5.41) is 7.04. The molecule has 4 rings (SSSR count). The monoisotopic (exact) mass is 379 g/mol. The summed E-state index contributed by atoms with van der Waals surface area (Å²) < 4.78 is 7.20. The van der Waals surface area contributed by atoms with E-state index in [0.717, 1.165) is 24.1 Å². The molecule has 1 amide bonds. The summed E-state index contributed by atoms with van der Waals surface area (Å²) >= 11 is 0. The molecule has 8 heteroatoms. The first kappa shape index (κ1) is 18.1. The summed E-state index contributed by atoms with van der Waals surface area (Å²) in [6, 6.07) is 9.23. The van der Waals surface area contributed by atoms with Crippen LogP contribution < -0.4 is 5.32 Å². The Bertz CT molecular complexity index is 1030. The summed E-state index contributed by atoms with van der Waals surface area (Å²) in [7, 11) is 0. The fourth-order valence-corrected chi connectivity index (χ4v) is 3.13. The Labute approximate surface area is 161 Å². The molecule has 1 saturated carbocycles. The minimum atomic E-state index is -0.974. The second-order valence-corrected chi connectivity index (χ2v) is 6.97. The van der Waals surface area contributed by atoms with Gasteiger partial charge in [0, 0.05) is 28.6 Å². The molecule has 1 fully saturated rings. The van der Waals surface area contributed by atoms with Gasteiger partial charge in [-0.15, -0.1) is 0 Å². The zero-order valence-corrected chi connectivity index (χ0v) is 15.8. The Morgan fingerprint density at radius 2 is 2.00 bits per heavy atom. The van der Waals surface area contributed by atoms with Crippen LogP contribution >= 0.6 is 0 Å². The van der Waals surface area contributed by atoms with Crippen molar-refractivity contribution in [1.82, 2.24) is 24.9 Å². The molecule has 28 heavy (non-hydrogen) atoms. The van der Waals surface area contributed by atoms with E-state index < -0.39 is 12.1 Å². The second-order valence-electron chi connectivity index (χ2n) is 6.97. The molecular formula is C20H21N5O3. The number of rotatable bonds is 6. The molecule has 1 aliphatic carbocycles. The van der Waals surface area contributed by atoms with Gasteiger partial charge < -0.3 is 10.1 Å². The van der Waals surface area contributed by atoms with Crippen molar-refractivity contribution in [2.45, 2.75) is 45.3 Å². The molecule has 1 atom stereocenters. The van der Waals surface area contributed by atoms with Crippen LogP contribution in [0.25, 0.3) is 5.78 Å². The van der Waals surface area contributed by atoms with Gasteiger partial charge in [0.1, 0.15) is 6.33 Å². The van der Waals surface area contributed by atoms with Crippen molar-refractivity contribution in [3.8, 4) is 0 Å². The summed E-state index contributed by atoms with van der Waals surface area (Å²) in [6.07, 6.45) is 2.37. The number of esters is 1. The first-order chi connectivity index (χ1) is 13.5. The molecule has 2 heterocycles. The fraction of sp³-hybridized carbons (Fsp3) is 0.350. The Hall–Kier alpha value is -3.29. The lowest BCUT2D eigenvalue weighted by atomic mass is 10.1. The van der Waals surface area contributed by atoms with Crippen LogP contribution in [-0.2, 0) is 20.7 Å². The van der Waals surface area contributed by atoms with Crippen LogP contribution in [0.1, 0.15) is 41.5 Å². The van der Waals surface area contributed by atoms with Crippen LogP contribution in [0.5, 0.6) is 0 Å². The third kappa shape index (κ3) is 3.71. The molecule has 0 saturated heterocycles. The van der Waals surface area contributed by atoms with E-state index in [-0.39, 0.29) is 18.4 Å². The van der Waals surface area contributed by atoms with Gasteiger partial charge in [0.05, 0.1) is 6.42 Å². The first-order valence-electron chi connectivity index (χ1n) is 9.23. The van der Waals surface area contributed by atoms with Gasteiger partial charge >= 0.3 is 5.97 Å². The van der Waals surface area contributed by atoms with Crippen LogP contribution in [0.3, 0.4) is 0 Å². The van der Waals surface area contributed by atoms with E-state index in [4.69, 9.17) is 4.74 Å². The SMILES string of the molecule is Cc1nc2ncnn2c(C)c1CC(=O)O[C@@H](C(=O)NC1CC1)c1ccccc1. The number of carbonyl (C=O) groups is 2. The van der Waals surface area contributed by atoms with E-state index in [9.17, 15) is 9.59 Å². The number of carbonyl (C=O) groups excluding carboxylic acids is 2. The van der Waals surface area contributed by atoms with Crippen molar-refractivity contribution in [3.63, 3.8) is 0 Å². The number of aromatic nitrogens is 4. The van der Waals surface area contributed by atoms with Gasteiger partial charge in [0.15, 0.2) is 0 Å². The minimum absolute atomic E-state index is 0.000505. The summed E-state index contributed by atoms with van der Waals surface area (Å²) in [4.78, 5) is 33.8. The van der Waals surface area contributed by atoms with Gasteiger partial charge in [0.25, 0.3) is 11.7 Å². The smallest absolute Gasteiger partial charge is 0.311 e. The highest BCUT2D eigenvalue weighted by atomic mass is 16.5. The van der Waals surface area contributed by atoms with Gasteiger partial charge in [-0.25, -0.2) is 9.50 Å². The van der Waals surface area contributed by atoms with Crippen molar-refractivity contribution in [1.29, 1.82) is 0 Å². The normalized spacial score (nSPS) is 14.6. The molecule has 144 valence electrons. The molecular weight excluding hydrogens is 358 g/mol. The van der Waals surface area contributed by atoms with Gasteiger partial charge in [-0.05, 0) is 26.7 Å². The van der Waals surface area contributed by atoms with Gasteiger partial charge in [-0.2, -0.15) is 10.1 Å². The van der Waals surface area contributed by atoms with E-state index in [2.05, 4.69) is 20.4 Å². The first-order valence-corrected chi connectivity index (χ1v) is 9.23. The predicted octanol–water partition coefficient (Wildman–Crippen LogP) is 1.85. The molecule has 0 unspecified atom stereocenters. The van der Waals surface area contributed by atoms with Crippen LogP contribution in [0.4, 0.5) is 0 Å². The van der Waals surface area contributed by atoms with E-state index in [0.29, 0.717) is 17.0 Å². The Morgan fingerprint density at radius 3 is 2.71 bits per heavy atom. The molecule has 0 bridgehead atoms. The van der Waals surface area contributed by atoms with Crippen LogP contribution in [0.15, 0.2) is 36.7 Å². The average molecular weight is 379 g/mol. The van der Waals surface area contributed by atoms with E-state index >= 15 is 0 Å². The topological polar surface area (TPSA) is 98.5 Å². The third-order valence-corrected chi connectivity index (χ3v) is 4.82. The van der Waals surface area contributed by atoms with Crippen molar-refractivity contribution in [2.24, 2.45) is 0 Å². The summed E-state index contributed by atoms with van der Waals surface area (Å²) in [5.41, 5.74) is 2.83. The number of nitrogens with one attached hydrogen (secondary N) is 1. The minimum Gasteiger partial charge on any atom is -0.447 e. The lowest BCUT2D eigenvalue weighted by molar-refractivity contribution is -0.156. The molecule has 8 nitrogen and oxygen atoms in total. The lowest BCUT2D eigenvalue weighted by Gasteiger charge is -2.18. The van der Waals surface area contributed by atoms with Gasteiger partial charge in [0.2, 0.25) is 6.10 Å². The van der Waals surface area contributed by atoms with Gasteiger partial charge in [-0.1, -0.05) is 30.3 Å². The van der Waals surface area contributed by atoms with E-state index in [1.54, 1.807) is 16.6 Å². The Kier molecular flexibility index (Phi) is 4.77. The van der Waals surface area contributed by atoms with E-state index in [1.807, 2.05) is 32.0 Å². The number of hydrogen-bond donors (Lipinski definition) is 1. The number of fused-ring (bicyclic) bond motifs is 1. The largest absolute Gasteiger partial charge is 0.447 e. The Morgan fingerprint density at radius 1 is 1.25 bits per heavy atom. The Balaban J connectivity index is 1.55. The van der Waals surface area contributed by atoms with E-state index in [1.165, 1.54) is 6.33 Å².